The molecular formula is C11H20F3N3S. The molecule has 0 aromatic rings. The van der Waals surface area contributed by atoms with Gasteiger partial charge < -0.3 is 15.5 Å². The fraction of sp³-hybridized carbons (Fsp3) is 0.909. The molecule has 1 saturated heterocycles. The first-order chi connectivity index (χ1) is 8.21. The van der Waals surface area contributed by atoms with Gasteiger partial charge in [-0.2, -0.15) is 13.2 Å². The van der Waals surface area contributed by atoms with Crippen LogP contribution in [0.4, 0.5) is 13.2 Å². The van der Waals surface area contributed by atoms with Gasteiger partial charge in [0.1, 0.15) is 5.92 Å². The van der Waals surface area contributed by atoms with Gasteiger partial charge in [-0.15, -0.1) is 0 Å². The summed E-state index contributed by atoms with van der Waals surface area (Å²) in [6, 6.07) is 0.305. The normalized spacial score (nSPS) is 24.2. The molecule has 106 valence electrons. The third-order valence-corrected chi connectivity index (χ3v) is 3.67. The van der Waals surface area contributed by atoms with Crippen molar-refractivity contribution in [2.75, 3.05) is 33.7 Å². The Morgan fingerprint density at radius 3 is 2.56 bits per heavy atom. The van der Waals surface area contributed by atoms with E-state index in [9.17, 15) is 13.2 Å². The van der Waals surface area contributed by atoms with Crippen LogP contribution in [-0.4, -0.2) is 60.7 Å². The molecule has 0 spiro atoms. The van der Waals surface area contributed by atoms with E-state index in [4.69, 9.17) is 5.73 Å². The first-order valence-corrected chi connectivity index (χ1v) is 6.37. The molecule has 3 nitrogen and oxygen atoms in total. The van der Waals surface area contributed by atoms with Crippen molar-refractivity contribution in [3.05, 3.63) is 0 Å². The number of alkyl halides is 3. The number of rotatable bonds is 4. The maximum absolute atomic E-state index is 12.8. The van der Waals surface area contributed by atoms with Crippen LogP contribution in [0, 0.1) is 5.92 Å². The number of likely N-dealkylation sites (N-methyl/N-ethyl adjacent to an activating group) is 1. The number of hydrogen-bond donors (Lipinski definition) is 1. The van der Waals surface area contributed by atoms with Gasteiger partial charge in [0.25, 0.3) is 0 Å². The number of nitrogens with zero attached hydrogens (tertiary/aromatic N) is 2. The topological polar surface area (TPSA) is 32.5 Å². The van der Waals surface area contributed by atoms with Crippen molar-refractivity contribution in [2.45, 2.75) is 25.1 Å². The molecule has 0 saturated carbocycles. The zero-order chi connectivity index (χ0) is 13.9. The van der Waals surface area contributed by atoms with E-state index in [1.165, 1.54) is 0 Å². The average molecular weight is 283 g/mol. The fourth-order valence-electron chi connectivity index (χ4n) is 2.23. The van der Waals surface area contributed by atoms with Gasteiger partial charge >= 0.3 is 6.18 Å². The highest BCUT2D eigenvalue weighted by molar-refractivity contribution is 7.80. The van der Waals surface area contributed by atoms with Crippen LogP contribution in [0.15, 0.2) is 0 Å². The van der Waals surface area contributed by atoms with Gasteiger partial charge in [0.15, 0.2) is 0 Å². The minimum atomic E-state index is -4.35. The van der Waals surface area contributed by atoms with Crippen molar-refractivity contribution in [2.24, 2.45) is 11.7 Å². The quantitative estimate of drug-likeness (QED) is 0.792. The number of hydrogen-bond acceptors (Lipinski definition) is 3. The highest BCUT2D eigenvalue weighted by atomic mass is 32.1. The molecule has 0 aliphatic carbocycles. The van der Waals surface area contributed by atoms with Crippen LogP contribution in [-0.2, 0) is 0 Å². The van der Waals surface area contributed by atoms with Crippen LogP contribution in [0.5, 0.6) is 0 Å². The zero-order valence-electron chi connectivity index (χ0n) is 10.7. The highest BCUT2D eigenvalue weighted by Gasteiger charge is 2.43. The van der Waals surface area contributed by atoms with Gasteiger partial charge in [-0.25, -0.2) is 0 Å². The largest absolute Gasteiger partial charge is 0.399 e. The lowest BCUT2D eigenvalue weighted by molar-refractivity contribution is -0.160. The highest BCUT2D eigenvalue weighted by Crippen LogP contribution is 2.28. The predicted octanol–water partition coefficient (Wildman–Crippen LogP) is 1.48. The van der Waals surface area contributed by atoms with Gasteiger partial charge in [-0.3, -0.25) is 0 Å². The molecule has 0 amide bonds. The van der Waals surface area contributed by atoms with Gasteiger partial charge in [-0.05, 0) is 33.5 Å². The summed E-state index contributed by atoms with van der Waals surface area (Å²) in [6.07, 6.45) is -2.42. The van der Waals surface area contributed by atoms with E-state index < -0.39 is 17.1 Å². The second-order valence-corrected chi connectivity index (χ2v) is 5.49. The van der Waals surface area contributed by atoms with Crippen molar-refractivity contribution in [3.63, 3.8) is 0 Å². The summed E-state index contributed by atoms with van der Waals surface area (Å²) in [5.41, 5.74) is 5.21. The molecule has 1 fully saturated rings. The molecule has 0 aromatic carbocycles. The van der Waals surface area contributed by atoms with E-state index in [-0.39, 0.29) is 6.54 Å². The molecular weight excluding hydrogens is 263 g/mol. The molecule has 0 radical (unpaired) electrons. The van der Waals surface area contributed by atoms with Gasteiger partial charge in [0.2, 0.25) is 0 Å². The lowest BCUT2D eigenvalue weighted by atomic mass is 10.0. The van der Waals surface area contributed by atoms with E-state index in [2.05, 4.69) is 17.1 Å². The summed E-state index contributed by atoms with van der Waals surface area (Å²) in [6.45, 7) is 1.20. The Bertz CT molecular complexity index is 294. The Morgan fingerprint density at radius 2 is 2.11 bits per heavy atom. The molecule has 2 N–H and O–H groups in total. The van der Waals surface area contributed by atoms with Crippen molar-refractivity contribution >= 4 is 17.2 Å². The van der Waals surface area contributed by atoms with Crippen LogP contribution in [0.25, 0.3) is 0 Å². The molecule has 2 unspecified atom stereocenters. The third kappa shape index (κ3) is 4.37. The molecule has 7 heteroatoms. The lowest BCUT2D eigenvalue weighted by Crippen LogP contribution is -2.50. The third-order valence-electron chi connectivity index (χ3n) is 3.39. The minimum Gasteiger partial charge on any atom is -0.393 e. The fourth-order valence-corrected chi connectivity index (χ4v) is 2.44. The molecule has 0 aromatic heterocycles. The Hall–Kier alpha value is -0.400. The Labute approximate surface area is 111 Å². The summed E-state index contributed by atoms with van der Waals surface area (Å²) in [4.78, 5) is 3.40. The number of thiocarbonyl (C=S) groups is 1. The Kier molecular flexibility index (Phi) is 5.36. The van der Waals surface area contributed by atoms with Crippen molar-refractivity contribution in [1.82, 2.24) is 9.80 Å². The number of nitrogens with two attached hydrogens (primary N) is 1. The lowest BCUT2D eigenvalue weighted by Gasteiger charge is -2.37. The summed E-state index contributed by atoms with van der Waals surface area (Å²) in [5.74, 6) is -1.70. The first kappa shape index (κ1) is 15.7. The standard InChI is InChI=1S/C11H20F3N3S/c1-16(2)8-4-3-5-17(6-8)7-9(10(15)18)11(12,13)14/h8-9H,3-7H2,1-2H3,(H2,15,18). The van der Waals surface area contributed by atoms with Gasteiger partial charge in [0.05, 0.1) is 4.99 Å². The average Bonchev–Trinajstić information content (AvgIpc) is 2.24. The zero-order valence-corrected chi connectivity index (χ0v) is 11.5. The second-order valence-electron chi connectivity index (χ2n) is 5.02. The molecule has 1 aliphatic heterocycles. The van der Waals surface area contributed by atoms with Crippen molar-refractivity contribution in [1.29, 1.82) is 0 Å². The van der Waals surface area contributed by atoms with Crippen LogP contribution < -0.4 is 5.73 Å². The SMILES string of the molecule is CN(C)C1CCCN(CC(C(N)=S)C(F)(F)F)C1. The molecule has 1 aliphatic rings. The van der Waals surface area contributed by atoms with E-state index in [0.29, 0.717) is 19.1 Å². The van der Waals surface area contributed by atoms with Crippen molar-refractivity contribution in [3.8, 4) is 0 Å². The number of halogens is 3. The van der Waals surface area contributed by atoms with E-state index >= 15 is 0 Å². The Balaban J connectivity index is 2.62. The van der Waals surface area contributed by atoms with Crippen LogP contribution in [0.1, 0.15) is 12.8 Å². The number of piperidine rings is 1. The maximum atomic E-state index is 12.8. The Morgan fingerprint density at radius 1 is 1.50 bits per heavy atom. The maximum Gasteiger partial charge on any atom is 0.399 e. The van der Waals surface area contributed by atoms with E-state index in [1.807, 2.05) is 19.0 Å². The molecule has 0 bridgehead atoms. The van der Waals surface area contributed by atoms with Crippen molar-refractivity contribution < 1.29 is 13.2 Å². The van der Waals surface area contributed by atoms with Gasteiger partial charge in [-0.1, -0.05) is 12.2 Å². The summed E-state index contributed by atoms with van der Waals surface area (Å²) < 4.78 is 38.3. The molecule has 18 heavy (non-hydrogen) atoms. The summed E-state index contributed by atoms with van der Waals surface area (Å²) >= 11 is 4.54. The van der Waals surface area contributed by atoms with E-state index in [0.717, 1.165) is 12.8 Å². The minimum absolute atomic E-state index is 0.122. The molecule has 1 rings (SSSR count). The smallest absolute Gasteiger partial charge is 0.393 e. The van der Waals surface area contributed by atoms with Crippen LogP contribution in [0.2, 0.25) is 0 Å². The summed E-state index contributed by atoms with van der Waals surface area (Å²) in [5, 5.41) is 0. The second kappa shape index (κ2) is 6.16. The molecule has 1 heterocycles. The van der Waals surface area contributed by atoms with E-state index in [1.54, 1.807) is 0 Å². The monoisotopic (exact) mass is 283 g/mol. The summed E-state index contributed by atoms with van der Waals surface area (Å²) in [7, 11) is 3.89. The first-order valence-electron chi connectivity index (χ1n) is 5.96. The van der Waals surface area contributed by atoms with Crippen LogP contribution >= 0.6 is 12.2 Å². The van der Waals surface area contributed by atoms with Gasteiger partial charge in [0, 0.05) is 19.1 Å². The molecule has 2 atom stereocenters. The van der Waals surface area contributed by atoms with Crippen LogP contribution in [0.3, 0.4) is 0 Å². The predicted molar refractivity (Wildman–Crippen MR) is 69.5 cm³/mol. The number of likely N-dealkylation sites (tertiary alicyclic amines) is 1.